The molecular weight excluding hydrogens is 156 g/mol. The van der Waals surface area contributed by atoms with Crippen LogP contribution < -0.4 is 10.3 Å². The van der Waals surface area contributed by atoms with Gasteiger partial charge >= 0.3 is 0 Å². The van der Waals surface area contributed by atoms with Gasteiger partial charge in [0.2, 0.25) is 0 Å². The van der Waals surface area contributed by atoms with Crippen LogP contribution in [0.1, 0.15) is 20.3 Å². The summed E-state index contributed by atoms with van der Waals surface area (Å²) in [7, 11) is 0. The Bertz CT molecular complexity index is 295. The van der Waals surface area contributed by atoms with E-state index >= 15 is 0 Å². The average Bonchev–Trinajstić information content (AvgIpc) is 2.04. The van der Waals surface area contributed by atoms with Crippen molar-refractivity contribution in [2.45, 2.75) is 26.4 Å². The number of aromatic nitrogens is 2. The summed E-state index contributed by atoms with van der Waals surface area (Å²) in [6, 6.07) is 1.39. The summed E-state index contributed by atoms with van der Waals surface area (Å²) in [5.74, 6) is 0.521. The zero-order chi connectivity index (χ0) is 8.97. The Kier molecular flexibility index (Phi) is 2.85. The molecule has 66 valence electrons. The predicted molar refractivity (Wildman–Crippen MR) is 45.2 cm³/mol. The highest BCUT2D eigenvalue weighted by Crippen LogP contribution is 2.07. The fraction of sp³-hybridized carbons (Fsp3) is 0.500. The molecule has 4 nitrogen and oxygen atoms in total. The van der Waals surface area contributed by atoms with E-state index in [2.05, 4.69) is 10.2 Å². The average molecular weight is 168 g/mol. The van der Waals surface area contributed by atoms with Crippen LogP contribution in [0, 0.1) is 0 Å². The summed E-state index contributed by atoms with van der Waals surface area (Å²) in [4.78, 5) is 10.8. The number of ether oxygens (including phenoxy) is 1. The number of nitrogens with one attached hydrogen (secondary N) is 1. The molecule has 0 bridgehead atoms. The Balaban J connectivity index is 2.69. The number of aromatic amines is 1. The van der Waals surface area contributed by atoms with Gasteiger partial charge in [-0.15, -0.1) is 0 Å². The van der Waals surface area contributed by atoms with Crippen LogP contribution >= 0.6 is 0 Å². The molecule has 0 saturated carbocycles. The van der Waals surface area contributed by atoms with Gasteiger partial charge in [-0.25, -0.2) is 5.10 Å². The second kappa shape index (κ2) is 3.90. The van der Waals surface area contributed by atoms with Gasteiger partial charge in [-0.1, -0.05) is 6.92 Å². The monoisotopic (exact) mass is 168 g/mol. The highest BCUT2D eigenvalue weighted by Gasteiger charge is 2.00. The molecule has 1 N–H and O–H groups in total. The van der Waals surface area contributed by atoms with Crippen LogP contribution in [-0.2, 0) is 0 Å². The molecule has 0 radical (unpaired) electrons. The van der Waals surface area contributed by atoms with Crippen molar-refractivity contribution in [2.24, 2.45) is 0 Å². The Hall–Kier alpha value is -1.32. The van der Waals surface area contributed by atoms with Crippen LogP contribution in [0.25, 0.3) is 0 Å². The van der Waals surface area contributed by atoms with Gasteiger partial charge in [-0.2, -0.15) is 5.10 Å². The largest absolute Gasteiger partial charge is 0.489 e. The van der Waals surface area contributed by atoms with Crippen molar-refractivity contribution in [3.8, 4) is 5.75 Å². The SMILES string of the molecule is CC[C@@H](C)Oc1cn[nH]c(=O)c1. The van der Waals surface area contributed by atoms with Crippen molar-refractivity contribution in [3.05, 3.63) is 22.6 Å². The first-order valence-corrected chi connectivity index (χ1v) is 3.93. The van der Waals surface area contributed by atoms with E-state index in [0.29, 0.717) is 5.75 Å². The second-order valence-electron chi connectivity index (χ2n) is 2.62. The van der Waals surface area contributed by atoms with Gasteiger partial charge in [0.15, 0.2) is 0 Å². The van der Waals surface area contributed by atoms with Crippen LogP contribution in [0.15, 0.2) is 17.1 Å². The maximum absolute atomic E-state index is 10.8. The molecular formula is C8H12N2O2. The first-order chi connectivity index (χ1) is 5.72. The third kappa shape index (κ3) is 2.38. The molecule has 0 unspecified atom stereocenters. The molecule has 0 aromatic carbocycles. The molecule has 0 amide bonds. The van der Waals surface area contributed by atoms with Crippen LogP contribution in [-0.4, -0.2) is 16.3 Å². The van der Waals surface area contributed by atoms with E-state index in [1.807, 2.05) is 13.8 Å². The van der Waals surface area contributed by atoms with Crippen molar-refractivity contribution in [2.75, 3.05) is 0 Å². The summed E-state index contributed by atoms with van der Waals surface area (Å²) in [5.41, 5.74) is -0.240. The predicted octanol–water partition coefficient (Wildman–Crippen LogP) is 0.947. The van der Waals surface area contributed by atoms with E-state index in [1.165, 1.54) is 12.3 Å². The van der Waals surface area contributed by atoms with Crippen LogP contribution in [0.3, 0.4) is 0 Å². The Morgan fingerprint density at radius 2 is 2.50 bits per heavy atom. The molecule has 1 aromatic rings. The maximum Gasteiger partial charge on any atom is 0.267 e. The molecule has 0 fully saturated rings. The quantitative estimate of drug-likeness (QED) is 0.731. The van der Waals surface area contributed by atoms with Crippen molar-refractivity contribution < 1.29 is 4.74 Å². The van der Waals surface area contributed by atoms with Crippen molar-refractivity contribution in [1.82, 2.24) is 10.2 Å². The van der Waals surface area contributed by atoms with Gasteiger partial charge in [0.1, 0.15) is 5.75 Å². The van der Waals surface area contributed by atoms with Gasteiger partial charge in [0.25, 0.3) is 5.56 Å². The second-order valence-corrected chi connectivity index (χ2v) is 2.62. The normalized spacial score (nSPS) is 12.5. The van der Waals surface area contributed by atoms with E-state index in [-0.39, 0.29) is 11.7 Å². The molecule has 1 aromatic heterocycles. The van der Waals surface area contributed by atoms with Crippen LogP contribution in [0.4, 0.5) is 0 Å². The summed E-state index contributed by atoms with van der Waals surface area (Å²) >= 11 is 0. The fourth-order valence-electron chi connectivity index (χ4n) is 0.738. The van der Waals surface area contributed by atoms with E-state index in [1.54, 1.807) is 0 Å². The molecule has 1 atom stereocenters. The topological polar surface area (TPSA) is 55.0 Å². The number of H-pyrrole nitrogens is 1. The molecule has 0 spiro atoms. The molecule has 12 heavy (non-hydrogen) atoms. The minimum atomic E-state index is -0.240. The third-order valence-corrected chi connectivity index (χ3v) is 1.55. The number of rotatable bonds is 3. The lowest BCUT2D eigenvalue weighted by molar-refractivity contribution is 0.216. The van der Waals surface area contributed by atoms with Crippen molar-refractivity contribution in [1.29, 1.82) is 0 Å². The van der Waals surface area contributed by atoms with Crippen molar-refractivity contribution >= 4 is 0 Å². The smallest absolute Gasteiger partial charge is 0.267 e. The highest BCUT2D eigenvalue weighted by atomic mass is 16.5. The molecule has 0 aliphatic rings. The summed E-state index contributed by atoms with van der Waals surface area (Å²) < 4.78 is 5.36. The third-order valence-electron chi connectivity index (χ3n) is 1.55. The summed E-state index contributed by atoms with van der Waals surface area (Å²) in [6.45, 7) is 3.96. The van der Waals surface area contributed by atoms with Gasteiger partial charge in [0.05, 0.1) is 12.3 Å². The van der Waals surface area contributed by atoms with Gasteiger partial charge in [-0.3, -0.25) is 4.79 Å². The van der Waals surface area contributed by atoms with E-state index in [0.717, 1.165) is 6.42 Å². The molecule has 0 saturated heterocycles. The van der Waals surface area contributed by atoms with Crippen molar-refractivity contribution in [3.63, 3.8) is 0 Å². The van der Waals surface area contributed by atoms with Gasteiger partial charge < -0.3 is 4.74 Å². The highest BCUT2D eigenvalue weighted by molar-refractivity contribution is 5.13. The lowest BCUT2D eigenvalue weighted by atomic mass is 10.3. The first kappa shape index (κ1) is 8.77. The Labute approximate surface area is 70.6 Å². The molecule has 0 aliphatic carbocycles. The Morgan fingerprint density at radius 1 is 1.75 bits per heavy atom. The van der Waals surface area contributed by atoms with Gasteiger partial charge in [0, 0.05) is 6.07 Å². The number of hydrogen-bond donors (Lipinski definition) is 1. The lowest BCUT2D eigenvalue weighted by Gasteiger charge is -2.10. The van der Waals surface area contributed by atoms with Crippen LogP contribution in [0.2, 0.25) is 0 Å². The summed E-state index contributed by atoms with van der Waals surface area (Å²) in [5, 5.41) is 5.89. The van der Waals surface area contributed by atoms with Gasteiger partial charge in [-0.05, 0) is 13.3 Å². The molecule has 1 rings (SSSR count). The Morgan fingerprint density at radius 3 is 3.08 bits per heavy atom. The molecule has 1 heterocycles. The zero-order valence-corrected chi connectivity index (χ0v) is 7.20. The van der Waals surface area contributed by atoms with E-state index in [4.69, 9.17) is 4.74 Å². The standard InChI is InChI=1S/C8H12N2O2/c1-3-6(2)12-7-4-8(11)10-9-5-7/h4-6H,3H2,1-2H3,(H,10,11)/t6-/m1/s1. The van der Waals surface area contributed by atoms with Crippen LogP contribution in [0.5, 0.6) is 5.75 Å². The minimum Gasteiger partial charge on any atom is -0.489 e. The molecule has 4 heteroatoms. The maximum atomic E-state index is 10.8. The first-order valence-electron chi connectivity index (χ1n) is 3.93. The lowest BCUT2D eigenvalue weighted by Crippen LogP contribution is -2.13. The number of nitrogens with zero attached hydrogens (tertiary/aromatic N) is 1. The summed E-state index contributed by atoms with van der Waals surface area (Å²) in [6.07, 6.45) is 2.52. The minimum absolute atomic E-state index is 0.119. The van der Waals surface area contributed by atoms with E-state index in [9.17, 15) is 4.79 Å². The zero-order valence-electron chi connectivity index (χ0n) is 7.20. The fourth-order valence-corrected chi connectivity index (χ4v) is 0.738. The number of hydrogen-bond acceptors (Lipinski definition) is 3. The van der Waals surface area contributed by atoms with E-state index < -0.39 is 0 Å². The molecule has 0 aliphatic heterocycles.